The van der Waals surface area contributed by atoms with Crippen molar-refractivity contribution in [1.29, 1.82) is 0 Å². The highest BCUT2D eigenvalue weighted by Crippen LogP contribution is 2.17. The van der Waals surface area contributed by atoms with Crippen LogP contribution < -0.4 is 10.6 Å². The van der Waals surface area contributed by atoms with Crippen LogP contribution in [0.3, 0.4) is 0 Å². The maximum Gasteiger partial charge on any atom is 0.253 e. The van der Waals surface area contributed by atoms with E-state index < -0.39 is 0 Å². The van der Waals surface area contributed by atoms with Gasteiger partial charge in [0.2, 0.25) is 0 Å². The largest absolute Gasteiger partial charge is 0.387 e. The van der Waals surface area contributed by atoms with Gasteiger partial charge in [-0.1, -0.05) is 34.1 Å². The lowest BCUT2D eigenvalue weighted by molar-refractivity contribution is 0.0951. The van der Waals surface area contributed by atoms with Crippen LogP contribution in [-0.4, -0.2) is 13.0 Å². The molecule has 0 atom stereocenters. The molecule has 0 radical (unpaired) electrons. The summed E-state index contributed by atoms with van der Waals surface area (Å²) in [6.07, 6.45) is 0. The Labute approximate surface area is 127 Å². The summed E-state index contributed by atoms with van der Waals surface area (Å²) in [6.45, 7) is 2.51. The third-order valence-electron chi connectivity index (χ3n) is 3.03. The second-order valence-corrected chi connectivity index (χ2v) is 5.53. The van der Waals surface area contributed by atoms with Gasteiger partial charge in [-0.15, -0.1) is 0 Å². The number of hydrogen-bond donors (Lipinski definition) is 2. The Hall–Kier alpha value is -1.81. The molecule has 0 aliphatic carbocycles. The molecule has 0 aliphatic rings. The van der Waals surface area contributed by atoms with E-state index in [1.165, 1.54) is 0 Å². The maximum atomic E-state index is 12.2. The third kappa shape index (κ3) is 3.61. The average molecular weight is 333 g/mol. The lowest BCUT2D eigenvalue weighted by Crippen LogP contribution is -2.23. The van der Waals surface area contributed by atoms with E-state index in [4.69, 9.17) is 0 Å². The lowest BCUT2D eigenvalue weighted by atomic mass is 10.1. The van der Waals surface area contributed by atoms with Gasteiger partial charge in [0.05, 0.1) is 5.56 Å². The van der Waals surface area contributed by atoms with E-state index in [1.807, 2.05) is 56.4 Å². The van der Waals surface area contributed by atoms with Gasteiger partial charge in [0.15, 0.2) is 0 Å². The van der Waals surface area contributed by atoms with Crippen molar-refractivity contribution in [2.45, 2.75) is 13.5 Å². The smallest absolute Gasteiger partial charge is 0.253 e. The van der Waals surface area contributed by atoms with Gasteiger partial charge in [0, 0.05) is 23.8 Å². The average Bonchev–Trinajstić information content (AvgIpc) is 2.44. The lowest BCUT2D eigenvalue weighted by Gasteiger charge is -2.11. The van der Waals surface area contributed by atoms with E-state index in [0.29, 0.717) is 12.1 Å². The zero-order valence-corrected chi connectivity index (χ0v) is 13.1. The van der Waals surface area contributed by atoms with E-state index in [-0.39, 0.29) is 5.91 Å². The summed E-state index contributed by atoms with van der Waals surface area (Å²) < 4.78 is 1.01. The molecule has 1 amide bonds. The minimum Gasteiger partial charge on any atom is -0.387 e. The van der Waals surface area contributed by atoms with Gasteiger partial charge in [0.25, 0.3) is 5.91 Å². The molecule has 2 aromatic rings. The Morgan fingerprint density at radius 1 is 1.20 bits per heavy atom. The third-order valence-corrected chi connectivity index (χ3v) is 3.52. The van der Waals surface area contributed by atoms with E-state index in [9.17, 15) is 4.79 Å². The molecule has 0 aliphatic heterocycles. The van der Waals surface area contributed by atoms with Crippen LogP contribution in [0.5, 0.6) is 0 Å². The fourth-order valence-electron chi connectivity index (χ4n) is 1.99. The summed E-state index contributed by atoms with van der Waals surface area (Å²) >= 11 is 3.42. The van der Waals surface area contributed by atoms with Crippen LogP contribution >= 0.6 is 15.9 Å². The van der Waals surface area contributed by atoms with E-state index in [1.54, 1.807) is 0 Å². The molecule has 4 heteroatoms. The van der Waals surface area contributed by atoms with Crippen molar-refractivity contribution < 1.29 is 4.79 Å². The van der Waals surface area contributed by atoms with Crippen molar-refractivity contribution in [2.75, 3.05) is 12.4 Å². The van der Waals surface area contributed by atoms with Crippen LogP contribution in [0.1, 0.15) is 21.5 Å². The first kappa shape index (κ1) is 14.6. The van der Waals surface area contributed by atoms with Crippen molar-refractivity contribution in [3.8, 4) is 0 Å². The molecule has 20 heavy (non-hydrogen) atoms. The van der Waals surface area contributed by atoms with Crippen LogP contribution in [-0.2, 0) is 6.54 Å². The summed E-state index contributed by atoms with van der Waals surface area (Å²) in [5, 5.41) is 5.99. The van der Waals surface area contributed by atoms with Gasteiger partial charge >= 0.3 is 0 Å². The monoisotopic (exact) mass is 332 g/mol. The van der Waals surface area contributed by atoms with Crippen LogP contribution in [0, 0.1) is 6.92 Å². The fourth-order valence-corrected chi connectivity index (χ4v) is 2.43. The Morgan fingerprint density at radius 2 is 2.00 bits per heavy atom. The molecule has 2 rings (SSSR count). The first-order chi connectivity index (χ1) is 9.60. The minimum absolute atomic E-state index is 0.0747. The maximum absolute atomic E-state index is 12.2. The number of aryl methyl sites for hydroxylation is 1. The highest BCUT2D eigenvalue weighted by molar-refractivity contribution is 9.10. The molecular weight excluding hydrogens is 316 g/mol. The van der Waals surface area contributed by atoms with Crippen molar-refractivity contribution in [3.63, 3.8) is 0 Å². The predicted octanol–water partition coefficient (Wildman–Crippen LogP) is 3.73. The van der Waals surface area contributed by atoms with Crippen LogP contribution in [0.2, 0.25) is 0 Å². The SMILES string of the molecule is CNc1cc(C)ccc1C(=O)NCc1cccc(Br)c1. The Bertz CT molecular complexity index is 626. The van der Waals surface area contributed by atoms with Gasteiger partial charge < -0.3 is 10.6 Å². The summed E-state index contributed by atoms with van der Waals surface area (Å²) in [7, 11) is 1.82. The van der Waals surface area contributed by atoms with E-state index in [0.717, 1.165) is 21.3 Å². The quantitative estimate of drug-likeness (QED) is 0.895. The number of benzene rings is 2. The zero-order chi connectivity index (χ0) is 14.5. The van der Waals surface area contributed by atoms with Crippen molar-refractivity contribution >= 4 is 27.5 Å². The second-order valence-electron chi connectivity index (χ2n) is 4.61. The van der Waals surface area contributed by atoms with Crippen molar-refractivity contribution in [1.82, 2.24) is 5.32 Å². The topological polar surface area (TPSA) is 41.1 Å². The number of carbonyl (C=O) groups is 1. The molecule has 104 valence electrons. The molecule has 2 aromatic carbocycles. The molecule has 0 heterocycles. The molecule has 0 bridgehead atoms. The summed E-state index contributed by atoms with van der Waals surface area (Å²) in [4.78, 5) is 12.2. The molecule has 3 nitrogen and oxygen atoms in total. The molecular formula is C16H17BrN2O. The zero-order valence-electron chi connectivity index (χ0n) is 11.5. The molecule has 2 N–H and O–H groups in total. The molecule has 0 saturated carbocycles. The number of rotatable bonds is 4. The van der Waals surface area contributed by atoms with Crippen LogP contribution in [0.4, 0.5) is 5.69 Å². The number of nitrogens with one attached hydrogen (secondary N) is 2. The molecule has 0 unspecified atom stereocenters. The van der Waals surface area contributed by atoms with Crippen molar-refractivity contribution in [2.24, 2.45) is 0 Å². The normalized spacial score (nSPS) is 10.2. The first-order valence-corrected chi connectivity index (χ1v) is 7.20. The van der Waals surface area contributed by atoms with Crippen molar-refractivity contribution in [3.05, 3.63) is 63.6 Å². The Balaban J connectivity index is 2.09. The standard InChI is InChI=1S/C16H17BrN2O/c1-11-6-7-14(15(8-11)18-2)16(20)19-10-12-4-3-5-13(17)9-12/h3-9,18H,10H2,1-2H3,(H,19,20). The number of carbonyl (C=O) groups excluding carboxylic acids is 1. The Morgan fingerprint density at radius 3 is 2.70 bits per heavy atom. The Kier molecular flexibility index (Phi) is 4.79. The number of halogens is 1. The number of hydrogen-bond acceptors (Lipinski definition) is 2. The predicted molar refractivity (Wildman–Crippen MR) is 86.0 cm³/mol. The van der Waals surface area contributed by atoms with Gasteiger partial charge in [0.1, 0.15) is 0 Å². The fraction of sp³-hybridized carbons (Fsp3) is 0.188. The highest BCUT2D eigenvalue weighted by atomic mass is 79.9. The van der Waals surface area contributed by atoms with Gasteiger partial charge in [-0.05, 0) is 42.3 Å². The summed E-state index contributed by atoms with van der Waals surface area (Å²) in [6, 6.07) is 13.6. The highest BCUT2D eigenvalue weighted by Gasteiger charge is 2.10. The van der Waals surface area contributed by atoms with Crippen LogP contribution in [0.15, 0.2) is 46.9 Å². The van der Waals surface area contributed by atoms with Gasteiger partial charge in [-0.25, -0.2) is 0 Å². The number of anilines is 1. The minimum atomic E-state index is -0.0747. The second kappa shape index (κ2) is 6.57. The van der Waals surface area contributed by atoms with Crippen LogP contribution in [0.25, 0.3) is 0 Å². The summed E-state index contributed by atoms with van der Waals surface area (Å²) in [5.41, 5.74) is 3.69. The van der Waals surface area contributed by atoms with E-state index in [2.05, 4.69) is 26.6 Å². The molecule has 0 spiro atoms. The first-order valence-electron chi connectivity index (χ1n) is 6.41. The summed E-state index contributed by atoms with van der Waals surface area (Å²) in [5.74, 6) is -0.0747. The van der Waals surface area contributed by atoms with E-state index >= 15 is 0 Å². The molecule has 0 fully saturated rings. The van der Waals surface area contributed by atoms with Gasteiger partial charge in [-0.2, -0.15) is 0 Å². The number of amides is 1. The van der Waals surface area contributed by atoms with Gasteiger partial charge in [-0.3, -0.25) is 4.79 Å². The molecule has 0 aromatic heterocycles. The molecule has 0 saturated heterocycles.